The van der Waals surface area contributed by atoms with Crippen molar-refractivity contribution >= 4 is 35.2 Å². The minimum Gasteiger partial charge on any atom is -0.493 e. The van der Waals surface area contributed by atoms with Gasteiger partial charge in [-0.05, 0) is 24.3 Å². The van der Waals surface area contributed by atoms with E-state index < -0.39 is 5.91 Å². The highest BCUT2D eigenvalue weighted by atomic mass is 35.5. The summed E-state index contributed by atoms with van der Waals surface area (Å²) in [5, 5.41) is 2.96. The van der Waals surface area contributed by atoms with E-state index >= 15 is 0 Å². The zero-order chi connectivity index (χ0) is 18.9. The van der Waals surface area contributed by atoms with E-state index in [1.165, 1.54) is 19.2 Å². The molecule has 0 saturated heterocycles. The van der Waals surface area contributed by atoms with Gasteiger partial charge in [0.2, 0.25) is 0 Å². The molecule has 2 rings (SSSR count). The molecule has 0 bridgehead atoms. The zero-order valence-electron chi connectivity index (χ0n) is 14.1. The molecular formula is C17H19ClN2O5S. The quantitative estimate of drug-likeness (QED) is 0.596. The van der Waals surface area contributed by atoms with Gasteiger partial charge in [0.05, 0.1) is 24.1 Å². The van der Waals surface area contributed by atoms with Gasteiger partial charge in [-0.1, -0.05) is 11.6 Å². The standard InChI is InChI=1S/C17H19ClN2O5S/c1-23-14-8-11(7-13(18)16(14)25-9-15(19)21)17(22)20-4-6-26-10-12-3-2-5-24-12/h2-3,5,7-8H,4,6,9-10H2,1H3,(H2,19,21)(H,20,22). The van der Waals surface area contributed by atoms with E-state index in [1.54, 1.807) is 18.0 Å². The van der Waals surface area contributed by atoms with Gasteiger partial charge in [-0.2, -0.15) is 11.8 Å². The van der Waals surface area contributed by atoms with Crippen LogP contribution in [0.4, 0.5) is 0 Å². The first-order chi connectivity index (χ1) is 12.5. The van der Waals surface area contributed by atoms with Crippen LogP contribution in [0.25, 0.3) is 0 Å². The molecule has 2 amide bonds. The Morgan fingerprint density at radius 2 is 2.19 bits per heavy atom. The molecule has 0 aliphatic carbocycles. The summed E-state index contributed by atoms with van der Waals surface area (Å²) in [7, 11) is 1.41. The number of ether oxygens (including phenoxy) is 2. The molecule has 0 aliphatic heterocycles. The van der Waals surface area contributed by atoms with E-state index in [9.17, 15) is 9.59 Å². The fraction of sp³-hybridized carbons (Fsp3) is 0.294. The number of benzene rings is 1. The Bertz CT molecular complexity index is 752. The number of nitrogens with two attached hydrogens (primary N) is 1. The van der Waals surface area contributed by atoms with Crippen molar-refractivity contribution in [3.8, 4) is 11.5 Å². The van der Waals surface area contributed by atoms with E-state index in [0.29, 0.717) is 12.1 Å². The Morgan fingerprint density at radius 1 is 1.38 bits per heavy atom. The molecule has 0 unspecified atom stereocenters. The third kappa shape index (κ3) is 5.89. The minimum atomic E-state index is -0.642. The van der Waals surface area contributed by atoms with Gasteiger partial charge in [-0.15, -0.1) is 0 Å². The highest BCUT2D eigenvalue weighted by Crippen LogP contribution is 2.36. The van der Waals surface area contributed by atoms with Gasteiger partial charge in [0.25, 0.3) is 11.8 Å². The lowest BCUT2D eigenvalue weighted by Crippen LogP contribution is -2.26. The summed E-state index contributed by atoms with van der Waals surface area (Å²) in [5.74, 6) is 1.85. The monoisotopic (exact) mass is 398 g/mol. The fourth-order valence-corrected chi connectivity index (χ4v) is 3.06. The summed E-state index contributed by atoms with van der Waals surface area (Å²) in [6.07, 6.45) is 1.63. The first-order valence-electron chi connectivity index (χ1n) is 7.68. The molecule has 26 heavy (non-hydrogen) atoms. The van der Waals surface area contributed by atoms with Crippen LogP contribution in [0.2, 0.25) is 5.02 Å². The van der Waals surface area contributed by atoms with Crippen molar-refractivity contribution in [2.75, 3.05) is 26.0 Å². The molecule has 0 saturated carbocycles. The molecule has 1 aromatic heterocycles. The van der Waals surface area contributed by atoms with Crippen molar-refractivity contribution in [2.24, 2.45) is 5.73 Å². The van der Waals surface area contributed by atoms with Crippen LogP contribution in [0.15, 0.2) is 34.9 Å². The maximum atomic E-state index is 12.3. The maximum Gasteiger partial charge on any atom is 0.255 e. The van der Waals surface area contributed by atoms with Crippen molar-refractivity contribution in [2.45, 2.75) is 5.75 Å². The Morgan fingerprint density at radius 3 is 2.85 bits per heavy atom. The molecule has 7 nitrogen and oxygen atoms in total. The van der Waals surface area contributed by atoms with Crippen molar-refractivity contribution in [3.05, 3.63) is 46.9 Å². The molecule has 0 spiro atoms. The van der Waals surface area contributed by atoms with Gasteiger partial charge in [-0.25, -0.2) is 0 Å². The molecule has 0 atom stereocenters. The minimum absolute atomic E-state index is 0.156. The smallest absolute Gasteiger partial charge is 0.255 e. The van der Waals surface area contributed by atoms with Gasteiger partial charge in [0.15, 0.2) is 18.1 Å². The Balaban J connectivity index is 1.89. The summed E-state index contributed by atoms with van der Waals surface area (Å²) >= 11 is 7.78. The number of amides is 2. The summed E-state index contributed by atoms with van der Waals surface area (Å²) in [6.45, 7) is 0.151. The van der Waals surface area contributed by atoms with E-state index in [1.807, 2.05) is 12.1 Å². The predicted molar refractivity (Wildman–Crippen MR) is 99.9 cm³/mol. The Labute approximate surface area is 160 Å². The van der Waals surface area contributed by atoms with Crippen molar-refractivity contribution in [1.82, 2.24) is 5.32 Å². The normalized spacial score (nSPS) is 10.4. The van der Waals surface area contributed by atoms with Crippen LogP contribution in [0.5, 0.6) is 11.5 Å². The van der Waals surface area contributed by atoms with E-state index in [4.69, 9.17) is 31.2 Å². The first kappa shape index (κ1) is 20.0. The summed E-state index contributed by atoms with van der Waals surface area (Å²) in [6, 6.07) is 6.69. The molecule has 9 heteroatoms. The van der Waals surface area contributed by atoms with Gasteiger partial charge >= 0.3 is 0 Å². The highest BCUT2D eigenvalue weighted by molar-refractivity contribution is 7.98. The Kier molecular flexibility index (Phi) is 7.68. The largest absolute Gasteiger partial charge is 0.493 e. The van der Waals surface area contributed by atoms with Crippen molar-refractivity contribution < 1.29 is 23.5 Å². The summed E-state index contributed by atoms with van der Waals surface area (Å²) < 4.78 is 15.6. The predicted octanol–water partition coefficient (Wildman–Crippen LogP) is 2.47. The number of furan rings is 1. The number of carbonyl (C=O) groups is 2. The lowest BCUT2D eigenvalue weighted by molar-refractivity contribution is -0.119. The summed E-state index contributed by atoms with van der Waals surface area (Å²) in [4.78, 5) is 23.1. The third-order valence-corrected chi connectivity index (χ3v) is 4.47. The van der Waals surface area contributed by atoms with Crippen LogP contribution in [-0.4, -0.2) is 37.8 Å². The molecule has 0 aliphatic rings. The molecular weight excluding hydrogens is 380 g/mol. The van der Waals surface area contributed by atoms with Crippen molar-refractivity contribution in [1.29, 1.82) is 0 Å². The SMILES string of the molecule is COc1cc(C(=O)NCCSCc2ccco2)cc(Cl)c1OCC(N)=O. The molecule has 3 N–H and O–H groups in total. The molecule has 2 aromatic rings. The molecule has 1 heterocycles. The second-order valence-electron chi connectivity index (χ2n) is 5.13. The number of hydrogen-bond donors (Lipinski definition) is 2. The molecule has 140 valence electrons. The number of thioether (sulfide) groups is 1. The van der Waals surface area contributed by atoms with Crippen LogP contribution < -0.4 is 20.5 Å². The van der Waals surface area contributed by atoms with Gasteiger partial charge in [-0.3, -0.25) is 9.59 Å². The number of primary amides is 1. The molecule has 0 radical (unpaired) electrons. The lowest BCUT2D eigenvalue weighted by atomic mass is 10.2. The van der Waals surface area contributed by atoms with E-state index in [2.05, 4.69) is 5.32 Å². The fourth-order valence-electron chi connectivity index (χ4n) is 2.04. The lowest BCUT2D eigenvalue weighted by Gasteiger charge is -2.13. The maximum absolute atomic E-state index is 12.3. The van der Waals surface area contributed by atoms with Crippen LogP contribution in [0, 0.1) is 0 Å². The van der Waals surface area contributed by atoms with Crippen LogP contribution >= 0.6 is 23.4 Å². The number of nitrogens with one attached hydrogen (secondary N) is 1. The second kappa shape index (κ2) is 9.98. The van der Waals surface area contributed by atoms with E-state index in [-0.39, 0.29) is 29.0 Å². The first-order valence-corrected chi connectivity index (χ1v) is 9.21. The second-order valence-corrected chi connectivity index (χ2v) is 6.64. The van der Waals surface area contributed by atoms with Gasteiger partial charge < -0.3 is 24.9 Å². The van der Waals surface area contributed by atoms with Crippen molar-refractivity contribution in [3.63, 3.8) is 0 Å². The average Bonchev–Trinajstić information content (AvgIpc) is 3.12. The Hall–Kier alpha value is -2.32. The number of rotatable bonds is 10. The number of carbonyl (C=O) groups excluding carboxylic acids is 2. The summed E-state index contributed by atoms with van der Waals surface area (Å²) in [5.41, 5.74) is 5.38. The zero-order valence-corrected chi connectivity index (χ0v) is 15.7. The topological polar surface area (TPSA) is 104 Å². The van der Waals surface area contributed by atoms with E-state index in [0.717, 1.165) is 17.3 Å². The van der Waals surface area contributed by atoms with Gasteiger partial charge in [0.1, 0.15) is 5.76 Å². The third-order valence-electron chi connectivity index (χ3n) is 3.21. The average molecular weight is 399 g/mol. The van der Waals surface area contributed by atoms with Crippen LogP contribution in [0.1, 0.15) is 16.1 Å². The molecule has 0 fully saturated rings. The molecule has 1 aromatic carbocycles. The van der Waals surface area contributed by atoms with Gasteiger partial charge in [0, 0.05) is 17.9 Å². The number of methoxy groups -OCH3 is 1. The number of halogens is 1. The van der Waals surface area contributed by atoms with Crippen LogP contribution in [-0.2, 0) is 10.5 Å². The number of hydrogen-bond acceptors (Lipinski definition) is 6. The van der Waals surface area contributed by atoms with Crippen LogP contribution in [0.3, 0.4) is 0 Å². The highest BCUT2D eigenvalue weighted by Gasteiger charge is 2.16.